The first-order chi connectivity index (χ1) is 19.4. The van der Waals surface area contributed by atoms with Gasteiger partial charge in [0.05, 0.1) is 5.69 Å². The monoisotopic (exact) mass is 551 g/mol. The molecule has 1 aliphatic heterocycles. The molecule has 1 aliphatic rings. The Morgan fingerprint density at radius 3 is 2.50 bits per heavy atom. The number of nitriles is 1. The molecule has 0 aliphatic carbocycles. The van der Waals surface area contributed by atoms with Crippen molar-refractivity contribution in [3.63, 3.8) is 0 Å². The van der Waals surface area contributed by atoms with Gasteiger partial charge in [-0.05, 0) is 73.5 Å². The molecular weight excluding hydrogens is 526 g/mol. The van der Waals surface area contributed by atoms with Gasteiger partial charge in [0, 0.05) is 39.9 Å². The van der Waals surface area contributed by atoms with Crippen molar-refractivity contribution < 1.29 is 14.7 Å². The van der Waals surface area contributed by atoms with E-state index in [1.165, 1.54) is 12.1 Å². The lowest BCUT2D eigenvalue weighted by Crippen LogP contribution is -2.37. The highest BCUT2D eigenvalue weighted by Gasteiger charge is 2.21. The third kappa shape index (κ3) is 5.96. The molecule has 1 fully saturated rings. The van der Waals surface area contributed by atoms with E-state index in [-0.39, 0.29) is 29.1 Å². The number of nitrogens with zero attached hydrogens (tertiary/aromatic N) is 2. The third-order valence-electron chi connectivity index (χ3n) is 6.74. The van der Waals surface area contributed by atoms with Crippen LogP contribution in [-0.4, -0.2) is 41.0 Å². The second-order valence-corrected chi connectivity index (χ2v) is 9.89. The lowest BCUT2D eigenvalue weighted by atomic mass is 9.96. The fourth-order valence-corrected chi connectivity index (χ4v) is 4.88. The number of pyridine rings is 1. The van der Waals surface area contributed by atoms with Crippen molar-refractivity contribution in [2.24, 2.45) is 0 Å². The molecule has 5 rings (SSSR count). The van der Waals surface area contributed by atoms with Gasteiger partial charge in [0.2, 0.25) is 0 Å². The number of aromatic nitrogens is 1. The Bertz CT molecular complexity index is 1630. The van der Waals surface area contributed by atoms with Gasteiger partial charge in [-0.25, -0.2) is 4.98 Å². The predicted octanol–water partition coefficient (Wildman–Crippen LogP) is 5.38. The van der Waals surface area contributed by atoms with Gasteiger partial charge in [0.1, 0.15) is 17.4 Å². The standard InChI is InChI=1S/C31H26ClN5O3/c32-22-9-4-8-21(15-22)31(40)37-29-26(17-33)25(16-27(36-29)24-11-1-2-12-28(24)38)19-6-3-7-20(14-19)30(39)35-18-23-10-5-13-34-23/h1-4,6-9,11-12,14-16,23,34,38H,5,10,13,18H2,(H,35,39)(H,36,37,40). The van der Waals surface area contributed by atoms with E-state index in [0.717, 1.165) is 19.4 Å². The first-order valence-electron chi connectivity index (χ1n) is 12.9. The largest absolute Gasteiger partial charge is 0.507 e. The summed E-state index contributed by atoms with van der Waals surface area (Å²) >= 11 is 6.07. The van der Waals surface area contributed by atoms with Crippen LogP contribution in [0.25, 0.3) is 22.4 Å². The number of para-hydroxylation sites is 1. The zero-order valence-corrected chi connectivity index (χ0v) is 22.2. The second kappa shape index (κ2) is 12.0. The van der Waals surface area contributed by atoms with E-state index in [1.807, 2.05) is 0 Å². The van der Waals surface area contributed by atoms with Gasteiger partial charge in [-0.1, -0.05) is 41.9 Å². The molecule has 1 aromatic heterocycles. The molecule has 2 amide bonds. The molecule has 4 N–H and O–H groups in total. The summed E-state index contributed by atoms with van der Waals surface area (Å²) in [6.45, 7) is 1.48. The van der Waals surface area contributed by atoms with Gasteiger partial charge in [0.15, 0.2) is 5.82 Å². The van der Waals surface area contributed by atoms with Crippen molar-refractivity contribution in [1.82, 2.24) is 15.6 Å². The first kappa shape index (κ1) is 26.9. The number of carbonyl (C=O) groups is 2. The molecular formula is C31H26ClN5O3. The maximum atomic E-state index is 13.1. The van der Waals surface area contributed by atoms with E-state index in [2.05, 4.69) is 27.0 Å². The molecule has 1 saturated heterocycles. The van der Waals surface area contributed by atoms with Gasteiger partial charge in [-0.15, -0.1) is 0 Å². The van der Waals surface area contributed by atoms with E-state index in [0.29, 0.717) is 45.1 Å². The number of phenols is 1. The summed E-state index contributed by atoms with van der Waals surface area (Å²) < 4.78 is 0. The van der Waals surface area contributed by atoms with Crippen LogP contribution in [0.4, 0.5) is 5.82 Å². The van der Waals surface area contributed by atoms with Gasteiger partial charge in [0.25, 0.3) is 11.8 Å². The number of benzene rings is 3. The number of halogens is 1. The summed E-state index contributed by atoms with van der Waals surface area (Å²) in [7, 11) is 0. The molecule has 9 heteroatoms. The lowest BCUT2D eigenvalue weighted by Gasteiger charge is -2.15. The first-order valence-corrected chi connectivity index (χ1v) is 13.2. The number of anilines is 1. The minimum absolute atomic E-state index is 0.00794. The molecule has 4 aromatic rings. The fraction of sp³-hybridized carbons (Fsp3) is 0.161. The van der Waals surface area contributed by atoms with Crippen molar-refractivity contribution in [2.75, 3.05) is 18.4 Å². The molecule has 8 nitrogen and oxygen atoms in total. The van der Waals surface area contributed by atoms with Crippen molar-refractivity contribution >= 4 is 29.2 Å². The minimum atomic E-state index is -0.500. The average Bonchev–Trinajstić information content (AvgIpc) is 3.50. The van der Waals surface area contributed by atoms with Crippen molar-refractivity contribution in [3.8, 4) is 34.2 Å². The van der Waals surface area contributed by atoms with E-state index >= 15 is 0 Å². The maximum Gasteiger partial charge on any atom is 0.256 e. The number of amides is 2. The van der Waals surface area contributed by atoms with Crippen molar-refractivity contribution in [1.29, 1.82) is 5.26 Å². The summed E-state index contributed by atoms with van der Waals surface area (Å²) in [6, 6.07) is 24.1. The van der Waals surface area contributed by atoms with Crippen molar-refractivity contribution in [3.05, 3.63) is 101 Å². The van der Waals surface area contributed by atoms with Crippen LogP contribution in [0.1, 0.15) is 39.1 Å². The number of hydrogen-bond donors (Lipinski definition) is 4. The molecule has 2 heterocycles. The van der Waals surface area contributed by atoms with Crippen LogP contribution < -0.4 is 16.0 Å². The summed E-state index contributed by atoms with van der Waals surface area (Å²) in [6.07, 6.45) is 2.10. The van der Waals surface area contributed by atoms with Gasteiger partial charge < -0.3 is 21.1 Å². The van der Waals surface area contributed by atoms with Crippen LogP contribution in [0, 0.1) is 11.3 Å². The summed E-state index contributed by atoms with van der Waals surface area (Å²) in [5.41, 5.74) is 2.64. The Morgan fingerprint density at radius 2 is 1.77 bits per heavy atom. The van der Waals surface area contributed by atoms with E-state index in [9.17, 15) is 20.0 Å². The average molecular weight is 552 g/mol. The highest BCUT2D eigenvalue weighted by Crippen LogP contribution is 2.36. The Morgan fingerprint density at radius 1 is 1.00 bits per heavy atom. The van der Waals surface area contributed by atoms with Gasteiger partial charge in [-0.2, -0.15) is 5.26 Å². The molecule has 0 spiro atoms. The lowest BCUT2D eigenvalue weighted by molar-refractivity contribution is 0.0949. The van der Waals surface area contributed by atoms with Crippen LogP contribution in [0.3, 0.4) is 0 Å². The summed E-state index contributed by atoms with van der Waals surface area (Å²) in [4.78, 5) is 30.6. The number of hydrogen-bond acceptors (Lipinski definition) is 6. The Balaban J connectivity index is 1.56. The number of aromatic hydroxyl groups is 1. The minimum Gasteiger partial charge on any atom is -0.507 e. The molecule has 0 bridgehead atoms. The third-order valence-corrected chi connectivity index (χ3v) is 6.97. The van der Waals surface area contributed by atoms with Crippen LogP contribution in [0.2, 0.25) is 5.02 Å². The Kier molecular flexibility index (Phi) is 8.06. The molecule has 40 heavy (non-hydrogen) atoms. The molecule has 1 atom stereocenters. The fourth-order valence-electron chi connectivity index (χ4n) is 4.69. The van der Waals surface area contributed by atoms with E-state index in [4.69, 9.17) is 11.6 Å². The van der Waals surface area contributed by atoms with E-state index < -0.39 is 5.91 Å². The molecule has 0 saturated carbocycles. The number of rotatable bonds is 7. The van der Waals surface area contributed by atoms with Crippen LogP contribution >= 0.6 is 11.6 Å². The second-order valence-electron chi connectivity index (χ2n) is 9.46. The summed E-state index contributed by atoms with van der Waals surface area (Å²) in [5, 5.41) is 30.2. The van der Waals surface area contributed by atoms with Crippen LogP contribution in [-0.2, 0) is 0 Å². The quantitative estimate of drug-likeness (QED) is 0.244. The zero-order chi connectivity index (χ0) is 28.1. The SMILES string of the molecule is N#Cc1c(-c2cccc(C(=O)NCC3CCCN3)c2)cc(-c2ccccc2O)nc1NC(=O)c1cccc(Cl)c1. The molecule has 1 unspecified atom stereocenters. The molecule has 3 aromatic carbocycles. The smallest absolute Gasteiger partial charge is 0.256 e. The van der Waals surface area contributed by atoms with E-state index in [1.54, 1.807) is 66.7 Å². The zero-order valence-electron chi connectivity index (χ0n) is 21.4. The highest BCUT2D eigenvalue weighted by molar-refractivity contribution is 6.31. The predicted molar refractivity (Wildman–Crippen MR) is 154 cm³/mol. The number of carbonyl (C=O) groups excluding carboxylic acids is 2. The normalized spacial score (nSPS) is 14.3. The number of nitrogens with one attached hydrogen (secondary N) is 3. The molecule has 0 radical (unpaired) electrons. The van der Waals surface area contributed by atoms with Gasteiger partial charge >= 0.3 is 0 Å². The maximum absolute atomic E-state index is 13.1. The molecule has 200 valence electrons. The van der Waals surface area contributed by atoms with Gasteiger partial charge in [-0.3, -0.25) is 9.59 Å². The van der Waals surface area contributed by atoms with Crippen LogP contribution in [0.15, 0.2) is 78.9 Å². The summed E-state index contributed by atoms with van der Waals surface area (Å²) in [5.74, 6) is -0.712. The van der Waals surface area contributed by atoms with Crippen LogP contribution in [0.5, 0.6) is 5.75 Å². The highest BCUT2D eigenvalue weighted by atomic mass is 35.5. The Labute approximate surface area is 236 Å². The number of phenolic OH excluding ortho intramolecular Hbond substituents is 1. The Hall–Kier alpha value is -4.71. The van der Waals surface area contributed by atoms with Crippen molar-refractivity contribution in [2.45, 2.75) is 18.9 Å². The topological polar surface area (TPSA) is 127 Å².